The Labute approximate surface area is 50.2 Å². The molecule has 4 nitrogen and oxygen atoms in total. The molecule has 0 aromatic carbocycles. The summed E-state index contributed by atoms with van der Waals surface area (Å²) in [7, 11) is 0. The Kier molecular flexibility index (Phi) is 4.63. The van der Waals surface area contributed by atoms with Gasteiger partial charge in [0.15, 0.2) is 0 Å². The molecule has 0 amide bonds. The first-order chi connectivity index (χ1) is 2.00. The SMILES string of the molecule is [O]=[Cr](=[O])([OH])[OH].[Pd]. The first-order valence-electron chi connectivity index (χ1n) is 0.698. The molecule has 6 heavy (non-hydrogen) atoms. The quantitative estimate of drug-likeness (QED) is 0.499. The molecule has 0 saturated heterocycles. The monoisotopic (exact) mass is 224 g/mol. The van der Waals surface area contributed by atoms with Crippen LogP contribution in [0.3, 0.4) is 0 Å². The van der Waals surface area contributed by atoms with Gasteiger partial charge in [0, 0.05) is 20.4 Å². The largest absolute Gasteiger partial charge is 0 e. The van der Waals surface area contributed by atoms with Crippen molar-refractivity contribution in [2.45, 2.75) is 0 Å². The Balaban J connectivity index is 0. The van der Waals surface area contributed by atoms with E-state index in [1.807, 2.05) is 0 Å². The molecule has 0 radical (unpaired) electrons. The number of hydrogen-bond acceptors (Lipinski definition) is 2. The zero-order valence-corrected chi connectivity index (χ0v) is 5.27. The standard InChI is InChI=1S/Cr.2H2O.2O.Pd/h;2*1H2;;;/q+2;;;;;/p-2. The fraction of sp³-hybridized carbons (Fsp3) is 0. The Morgan fingerprint density at radius 2 is 1.17 bits per heavy atom. The van der Waals surface area contributed by atoms with Crippen LogP contribution in [0.2, 0.25) is 0 Å². The van der Waals surface area contributed by atoms with Gasteiger partial charge in [0.1, 0.15) is 0 Å². The summed E-state index contributed by atoms with van der Waals surface area (Å²) in [6.45, 7) is 0. The van der Waals surface area contributed by atoms with Crippen molar-refractivity contribution in [2.24, 2.45) is 0 Å². The fourth-order valence-corrected chi connectivity index (χ4v) is 0. The van der Waals surface area contributed by atoms with Crippen LogP contribution in [0.1, 0.15) is 0 Å². The second-order valence-corrected chi connectivity index (χ2v) is 1.85. The molecule has 0 bridgehead atoms. The van der Waals surface area contributed by atoms with Gasteiger partial charge in [0.05, 0.1) is 0 Å². The molecule has 42 valence electrons. The molecule has 0 spiro atoms. The van der Waals surface area contributed by atoms with Crippen molar-refractivity contribution in [3.8, 4) is 0 Å². The maximum Gasteiger partial charge on any atom is 0 e. The van der Waals surface area contributed by atoms with Gasteiger partial charge in [-0.3, -0.25) is 0 Å². The Morgan fingerprint density at radius 3 is 1.17 bits per heavy atom. The molecule has 0 fully saturated rings. The average molecular weight is 224 g/mol. The molecule has 6 heteroatoms. The van der Waals surface area contributed by atoms with Crippen molar-refractivity contribution < 1.29 is 50.0 Å². The van der Waals surface area contributed by atoms with Gasteiger partial charge in [0.2, 0.25) is 0 Å². The summed E-state index contributed by atoms with van der Waals surface area (Å²) in [6.07, 6.45) is 0. The molecule has 0 heterocycles. The topological polar surface area (TPSA) is 74.6 Å². The Bertz CT molecular complexity index is 90.7. The molecule has 0 aromatic heterocycles. The van der Waals surface area contributed by atoms with E-state index in [1.165, 1.54) is 0 Å². The molecule has 0 saturated carbocycles. The first kappa shape index (κ1) is 9.87. The minimum atomic E-state index is -5.25. The van der Waals surface area contributed by atoms with Crippen LogP contribution in [0, 0.1) is 0 Å². The molecule has 0 aliphatic carbocycles. The third kappa shape index (κ3) is 127. The van der Waals surface area contributed by atoms with Crippen molar-refractivity contribution >= 4 is 0 Å². The van der Waals surface area contributed by atoms with Crippen molar-refractivity contribution in [1.29, 1.82) is 0 Å². The van der Waals surface area contributed by atoms with Gasteiger partial charge in [-0.15, -0.1) is 0 Å². The molecular formula is H2CrO4Pd. The van der Waals surface area contributed by atoms with E-state index < -0.39 is 13.6 Å². The summed E-state index contributed by atoms with van der Waals surface area (Å²) in [5.41, 5.74) is 0. The van der Waals surface area contributed by atoms with Crippen LogP contribution in [0.15, 0.2) is 0 Å². The van der Waals surface area contributed by atoms with Crippen molar-refractivity contribution in [3.05, 3.63) is 0 Å². The van der Waals surface area contributed by atoms with Crippen molar-refractivity contribution in [3.63, 3.8) is 0 Å². The molecule has 0 aliphatic heterocycles. The predicted molar refractivity (Wildman–Crippen MR) is 5.81 cm³/mol. The molecule has 0 aliphatic rings. The van der Waals surface area contributed by atoms with E-state index in [0.29, 0.717) is 0 Å². The Hall–Kier alpha value is 0.715. The zero-order chi connectivity index (χ0) is 4.50. The van der Waals surface area contributed by atoms with E-state index in [2.05, 4.69) is 0 Å². The maximum atomic E-state index is 8.82. The predicted octanol–water partition coefficient (Wildman–Crippen LogP) is -1.36. The van der Waals surface area contributed by atoms with E-state index in [1.54, 1.807) is 0 Å². The third-order valence-corrected chi connectivity index (χ3v) is 0. The van der Waals surface area contributed by atoms with Gasteiger partial charge in [-0.05, 0) is 0 Å². The van der Waals surface area contributed by atoms with Gasteiger partial charge in [0.25, 0.3) is 0 Å². The van der Waals surface area contributed by atoms with Crippen LogP contribution in [0.25, 0.3) is 0 Å². The van der Waals surface area contributed by atoms with E-state index in [-0.39, 0.29) is 20.4 Å². The summed E-state index contributed by atoms with van der Waals surface area (Å²) < 4.78 is 31.9. The second kappa shape index (κ2) is 2.82. The zero-order valence-electron chi connectivity index (χ0n) is 2.44. The normalized spacial score (nSPS) is 9.67. The fourth-order valence-electron chi connectivity index (χ4n) is 0. The van der Waals surface area contributed by atoms with Crippen molar-refractivity contribution in [1.82, 2.24) is 0 Å². The van der Waals surface area contributed by atoms with Gasteiger partial charge in [-0.2, -0.15) is 0 Å². The van der Waals surface area contributed by atoms with Crippen LogP contribution in [-0.2, 0) is 41.6 Å². The van der Waals surface area contributed by atoms with Crippen LogP contribution in [-0.4, -0.2) is 8.32 Å². The minimum absolute atomic E-state index is 0. The van der Waals surface area contributed by atoms with E-state index >= 15 is 0 Å². The van der Waals surface area contributed by atoms with Crippen molar-refractivity contribution in [2.75, 3.05) is 0 Å². The first-order valence-corrected chi connectivity index (χ1v) is 2.88. The van der Waals surface area contributed by atoms with Crippen LogP contribution >= 0.6 is 0 Å². The molecule has 0 rings (SSSR count). The molecule has 0 unspecified atom stereocenters. The van der Waals surface area contributed by atoms with E-state index in [0.717, 1.165) is 0 Å². The second-order valence-electron chi connectivity index (χ2n) is 0.448. The average Bonchev–Trinajstić information content (AvgIpc) is 0.722. The van der Waals surface area contributed by atoms with Gasteiger partial charge < -0.3 is 0 Å². The maximum absolute atomic E-state index is 8.82. The molecule has 0 aromatic rings. The van der Waals surface area contributed by atoms with E-state index in [9.17, 15) is 0 Å². The Morgan fingerprint density at radius 1 is 1.17 bits per heavy atom. The molecule has 0 atom stereocenters. The van der Waals surface area contributed by atoms with Gasteiger partial charge in [-0.25, -0.2) is 0 Å². The smallest absolute Gasteiger partial charge is 0 e. The van der Waals surface area contributed by atoms with E-state index in [4.69, 9.17) is 15.9 Å². The van der Waals surface area contributed by atoms with Gasteiger partial charge >= 0.3 is 29.5 Å². The van der Waals surface area contributed by atoms with Crippen LogP contribution in [0.4, 0.5) is 0 Å². The minimum Gasteiger partial charge on any atom is 0 e. The van der Waals surface area contributed by atoms with Gasteiger partial charge in [-0.1, -0.05) is 0 Å². The third-order valence-electron chi connectivity index (χ3n) is 0. The summed E-state index contributed by atoms with van der Waals surface area (Å²) in [4.78, 5) is 0. The summed E-state index contributed by atoms with van der Waals surface area (Å²) in [5.74, 6) is 0. The summed E-state index contributed by atoms with van der Waals surface area (Å²) in [6, 6.07) is 0. The number of rotatable bonds is 0. The molecular weight excluding hydrogens is 222 g/mol. The van der Waals surface area contributed by atoms with Crippen LogP contribution < -0.4 is 0 Å². The number of hydrogen-bond donors (Lipinski definition) is 2. The summed E-state index contributed by atoms with van der Waals surface area (Å²) in [5, 5.41) is 0. The van der Waals surface area contributed by atoms with Crippen LogP contribution in [0.5, 0.6) is 0 Å². The summed E-state index contributed by atoms with van der Waals surface area (Å²) >= 11 is -5.25. The molecule has 2 N–H and O–H groups in total.